The van der Waals surface area contributed by atoms with Crippen molar-refractivity contribution in [3.8, 4) is 0 Å². The molecule has 0 radical (unpaired) electrons. The van der Waals surface area contributed by atoms with Gasteiger partial charge in [-0.2, -0.15) is 0 Å². The van der Waals surface area contributed by atoms with Crippen LogP contribution in [0, 0.1) is 0 Å². The zero-order chi connectivity index (χ0) is 18.7. The fourth-order valence-electron chi connectivity index (χ4n) is 2.61. The summed E-state index contributed by atoms with van der Waals surface area (Å²) in [5, 5.41) is 0. The van der Waals surface area contributed by atoms with Gasteiger partial charge in [0.1, 0.15) is 11.9 Å². The highest BCUT2D eigenvalue weighted by molar-refractivity contribution is 5.75. The molecule has 0 saturated carbocycles. The molecule has 0 aromatic heterocycles. The molecule has 0 heterocycles. The molecule has 0 aliphatic rings. The molecule has 0 saturated heterocycles. The Hall–Kier alpha value is -1.84. The van der Waals surface area contributed by atoms with Gasteiger partial charge in [-0.3, -0.25) is 4.79 Å². The van der Waals surface area contributed by atoms with Gasteiger partial charge in [0.05, 0.1) is 0 Å². The van der Waals surface area contributed by atoms with E-state index < -0.39 is 5.60 Å². The van der Waals surface area contributed by atoms with E-state index in [1.807, 2.05) is 39.0 Å². The smallest absolute Gasteiger partial charge is 0.410 e. The lowest BCUT2D eigenvalue weighted by Crippen LogP contribution is -2.38. The minimum absolute atomic E-state index is 0.255. The summed E-state index contributed by atoms with van der Waals surface area (Å²) in [7, 11) is 0. The van der Waals surface area contributed by atoms with Crippen LogP contribution in [-0.4, -0.2) is 36.0 Å². The lowest BCUT2D eigenvalue weighted by Gasteiger charge is -2.27. The van der Waals surface area contributed by atoms with E-state index in [1.54, 1.807) is 11.0 Å². The van der Waals surface area contributed by atoms with E-state index in [4.69, 9.17) is 4.74 Å². The quantitative estimate of drug-likeness (QED) is 0.429. The number of carbonyl (C=O) groups is 2. The zero-order valence-electron chi connectivity index (χ0n) is 16.2. The minimum Gasteiger partial charge on any atom is -0.444 e. The molecule has 25 heavy (non-hydrogen) atoms. The molecule has 1 amide bonds. The van der Waals surface area contributed by atoms with E-state index in [-0.39, 0.29) is 6.09 Å². The second-order valence-electron chi connectivity index (χ2n) is 7.49. The number of benzene rings is 1. The maximum atomic E-state index is 12.5. The van der Waals surface area contributed by atoms with Crippen molar-refractivity contribution >= 4 is 12.4 Å². The SMILES string of the molecule is CCCCCCCN(CCc1cccc(C=O)c1)C(=O)OC(C)(C)C. The Kier molecular flexibility index (Phi) is 9.25. The second-order valence-corrected chi connectivity index (χ2v) is 7.49. The lowest BCUT2D eigenvalue weighted by atomic mass is 10.1. The van der Waals surface area contributed by atoms with Crippen LogP contribution in [-0.2, 0) is 11.2 Å². The van der Waals surface area contributed by atoms with Crippen molar-refractivity contribution in [3.05, 3.63) is 35.4 Å². The number of nitrogens with zero attached hydrogens (tertiary/aromatic N) is 1. The highest BCUT2D eigenvalue weighted by atomic mass is 16.6. The summed E-state index contributed by atoms with van der Waals surface area (Å²) in [5.41, 5.74) is 1.24. The van der Waals surface area contributed by atoms with E-state index in [0.717, 1.165) is 31.1 Å². The van der Waals surface area contributed by atoms with Crippen LogP contribution in [0.15, 0.2) is 24.3 Å². The van der Waals surface area contributed by atoms with Crippen molar-refractivity contribution in [1.29, 1.82) is 0 Å². The van der Waals surface area contributed by atoms with Gasteiger partial charge in [-0.15, -0.1) is 0 Å². The van der Waals surface area contributed by atoms with Gasteiger partial charge in [0.25, 0.3) is 0 Å². The number of hydrogen-bond donors (Lipinski definition) is 0. The van der Waals surface area contributed by atoms with Crippen LogP contribution in [0.25, 0.3) is 0 Å². The summed E-state index contributed by atoms with van der Waals surface area (Å²) in [6.07, 6.45) is 7.10. The molecule has 4 nitrogen and oxygen atoms in total. The summed E-state index contributed by atoms with van der Waals surface area (Å²) in [4.78, 5) is 25.2. The van der Waals surface area contributed by atoms with Crippen LogP contribution in [0.5, 0.6) is 0 Å². The van der Waals surface area contributed by atoms with Crippen LogP contribution in [0.2, 0.25) is 0 Å². The average Bonchev–Trinajstić information content (AvgIpc) is 2.55. The molecule has 0 aliphatic heterocycles. The first-order valence-electron chi connectivity index (χ1n) is 9.37. The summed E-state index contributed by atoms with van der Waals surface area (Å²) in [6, 6.07) is 7.53. The lowest BCUT2D eigenvalue weighted by molar-refractivity contribution is 0.0248. The minimum atomic E-state index is -0.491. The van der Waals surface area contributed by atoms with Crippen LogP contribution in [0.1, 0.15) is 75.7 Å². The molecule has 0 spiro atoms. The van der Waals surface area contributed by atoms with Crippen LogP contribution >= 0.6 is 0 Å². The van der Waals surface area contributed by atoms with Crippen LogP contribution < -0.4 is 0 Å². The Labute approximate surface area is 152 Å². The third-order valence-corrected chi connectivity index (χ3v) is 3.94. The van der Waals surface area contributed by atoms with Gasteiger partial charge in [-0.1, -0.05) is 50.8 Å². The first-order valence-corrected chi connectivity index (χ1v) is 9.37. The molecule has 0 atom stereocenters. The number of amides is 1. The van der Waals surface area contributed by atoms with Crippen molar-refractivity contribution in [2.75, 3.05) is 13.1 Å². The maximum Gasteiger partial charge on any atom is 0.410 e. The average molecular weight is 347 g/mol. The molecule has 0 N–H and O–H groups in total. The molecule has 0 unspecified atom stereocenters. The Morgan fingerprint density at radius 2 is 1.84 bits per heavy atom. The largest absolute Gasteiger partial charge is 0.444 e. The number of hydrogen-bond acceptors (Lipinski definition) is 3. The third kappa shape index (κ3) is 9.28. The number of ether oxygens (including phenoxy) is 1. The molecular weight excluding hydrogens is 314 g/mol. The first kappa shape index (κ1) is 21.2. The van der Waals surface area contributed by atoms with Gasteiger partial charge in [0, 0.05) is 18.7 Å². The molecule has 0 bridgehead atoms. The van der Waals surface area contributed by atoms with Crippen molar-refractivity contribution in [2.24, 2.45) is 0 Å². The molecule has 1 aromatic rings. The van der Waals surface area contributed by atoms with E-state index in [0.29, 0.717) is 18.7 Å². The normalized spacial score (nSPS) is 11.2. The third-order valence-electron chi connectivity index (χ3n) is 3.94. The highest BCUT2D eigenvalue weighted by Gasteiger charge is 2.21. The van der Waals surface area contributed by atoms with Crippen molar-refractivity contribution in [3.63, 3.8) is 0 Å². The Bertz CT molecular complexity index is 534. The molecular formula is C21H33NO3. The predicted molar refractivity (Wildman–Crippen MR) is 102 cm³/mol. The summed E-state index contributed by atoms with van der Waals surface area (Å²) >= 11 is 0. The zero-order valence-corrected chi connectivity index (χ0v) is 16.2. The molecule has 0 fully saturated rings. The van der Waals surface area contributed by atoms with Gasteiger partial charge in [-0.05, 0) is 45.2 Å². The van der Waals surface area contributed by atoms with E-state index >= 15 is 0 Å². The Morgan fingerprint density at radius 3 is 2.48 bits per heavy atom. The summed E-state index contributed by atoms with van der Waals surface area (Å²) in [5.74, 6) is 0. The Morgan fingerprint density at radius 1 is 1.12 bits per heavy atom. The summed E-state index contributed by atoms with van der Waals surface area (Å²) in [6.45, 7) is 9.17. The maximum absolute atomic E-state index is 12.5. The van der Waals surface area contributed by atoms with Crippen molar-refractivity contribution < 1.29 is 14.3 Å². The van der Waals surface area contributed by atoms with E-state index in [1.165, 1.54) is 19.3 Å². The fraction of sp³-hybridized carbons (Fsp3) is 0.619. The predicted octanol–water partition coefficient (Wildman–Crippen LogP) is 5.25. The topological polar surface area (TPSA) is 46.6 Å². The number of unbranched alkanes of at least 4 members (excludes halogenated alkanes) is 4. The van der Waals surface area contributed by atoms with Gasteiger partial charge < -0.3 is 9.64 Å². The molecule has 1 rings (SSSR count). The molecule has 1 aromatic carbocycles. The first-order chi connectivity index (χ1) is 11.9. The van der Waals surface area contributed by atoms with Gasteiger partial charge in [0.2, 0.25) is 0 Å². The number of rotatable bonds is 10. The van der Waals surface area contributed by atoms with Crippen LogP contribution in [0.4, 0.5) is 4.79 Å². The fourth-order valence-corrected chi connectivity index (χ4v) is 2.61. The van der Waals surface area contributed by atoms with E-state index in [9.17, 15) is 9.59 Å². The van der Waals surface area contributed by atoms with Gasteiger partial charge in [0.15, 0.2) is 0 Å². The Balaban J connectivity index is 2.62. The van der Waals surface area contributed by atoms with E-state index in [2.05, 4.69) is 6.92 Å². The second kappa shape index (κ2) is 10.9. The molecule has 0 aliphatic carbocycles. The number of aldehydes is 1. The highest BCUT2D eigenvalue weighted by Crippen LogP contribution is 2.13. The molecule has 140 valence electrons. The standard InChI is InChI=1S/C21H33NO3/c1-5-6-7-8-9-14-22(20(24)25-21(2,3)4)15-13-18-11-10-12-19(16-18)17-23/h10-12,16-17H,5-9,13-15H2,1-4H3. The van der Waals surface area contributed by atoms with Crippen molar-refractivity contribution in [1.82, 2.24) is 4.90 Å². The van der Waals surface area contributed by atoms with Gasteiger partial charge in [-0.25, -0.2) is 4.79 Å². The number of carbonyl (C=O) groups excluding carboxylic acids is 2. The molecule has 4 heteroatoms. The van der Waals surface area contributed by atoms with Gasteiger partial charge >= 0.3 is 6.09 Å². The van der Waals surface area contributed by atoms with Crippen molar-refractivity contribution in [2.45, 2.75) is 71.8 Å². The van der Waals surface area contributed by atoms with Crippen LogP contribution in [0.3, 0.4) is 0 Å². The monoisotopic (exact) mass is 347 g/mol. The summed E-state index contributed by atoms with van der Waals surface area (Å²) < 4.78 is 5.54.